The third-order valence-corrected chi connectivity index (χ3v) is 10.4. The number of hydrogen-bond acceptors (Lipinski definition) is 4. The molecule has 1 amide bonds. The predicted octanol–water partition coefficient (Wildman–Crippen LogP) is 12.4. The molecule has 0 saturated heterocycles. The van der Waals surface area contributed by atoms with Crippen molar-refractivity contribution in [2.75, 3.05) is 5.75 Å². The van der Waals surface area contributed by atoms with Crippen molar-refractivity contribution in [1.82, 2.24) is 5.32 Å². The number of amides is 1. The van der Waals surface area contributed by atoms with Gasteiger partial charge in [0, 0.05) is 6.42 Å². The van der Waals surface area contributed by atoms with Crippen molar-refractivity contribution in [3.05, 3.63) is 24.3 Å². The highest BCUT2D eigenvalue weighted by Crippen LogP contribution is 2.16. The van der Waals surface area contributed by atoms with Gasteiger partial charge in [0.2, 0.25) is 5.91 Å². The topological polar surface area (TPSA) is 104 Å². The molecule has 3 N–H and O–H groups in total. The van der Waals surface area contributed by atoms with Crippen LogP contribution in [0.3, 0.4) is 0 Å². The predicted molar refractivity (Wildman–Crippen MR) is 212 cm³/mol. The van der Waals surface area contributed by atoms with Gasteiger partial charge in [0.25, 0.3) is 10.1 Å². The summed E-state index contributed by atoms with van der Waals surface area (Å²) in [5, 5.41) is 13.3. The second kappa shape index (κ2) is 36.6. The zero-order chi connectivity index (χ0) is 36.1. The number of unbranched alkanes of at least 4 members (excludes halogenated alkanes) is 26. The summed E-state index contributed by atoms with van der Waals surface area (Å²) < 4.78 is 32.5. The molecule has 0 aromatic carbocycles. The molecule has 0 aliphatic heterocycles. The van der Waals surface area contributed by atoms with Gasteiger partial charge in [0.1, 0.15) is 0 Å². The molecule has 0 aliphatic rings. The molecule has 0 aliphatic carbocycles. The third kappa shape index (κ3) is 37.9. The first-order valence-electron chi connectivity index (χ1n) is 21.0. The van der Waals surface area contributed by atoms with Crippen LogP contribution >= 0.6 is 0 Å². The van der Waals surface area contributed by atoms with E-state index in [-0.39, 0.29) is 5.91 Å². The van der Waals surface area contributed by atoms with Gasteiger partial charge in [-0.05, 0) is 44.9 Å². The average Bonchev–Trinajstić information content (AvgIpc) is 3.06. The van der Waals surface area contributed by atoms with Crippen molar-refractivity contribution in [1.29, 1.82) is 0 Å². The minimum Gasteiger partial charge on any atom is -0.391 e. The molecule has 290 valence electrons. The van der Waals surface area contributed by atoms with Gasteiger partial charge in [-0.25, -0.2) is 0 Å². The number of aliphatic hydroxyl groups excluding tert-OH is 1. The summed E-state index contributed by atoms with van der Waals surface area (Å²) in [4.78, 5) is 12.5. The summed E-state index contributed by atoms with van der Waals surface area (Å²) in [6, 6.07) is -0.968. The van der Waals surface area contributed by atoms with Gasteiger partial charge in [-0.3, -0.25) is 9.35 Å². The van der Waals surface area contributed by atoms with E-state index in [1.807, 2.05) is 0 Å². The first-order chi connectivity index (χ1) is 23.8. The van der Waals surface area contributed by atoms with Gasteiger partial charge in [0.05, 0.1) is 17.9 Å². The Labute approximate surface area is 304 Å². The normalized spacial score (nSPS) is 13.5. The average molecular weight is 712 g/mol. The Morgan fingerprint density at radius 2 is 0.918 bits per heavy atom. The van der Waals surface area contributed by atoms with Crippen LogP contribution in [0.5, 0.6) is 0 Å². The lowest BCUT2D eigenvalue weighted by Gasteiger charge is -2.23. The Kier molecular flexibility index (Phi) is 35.7. The molecule has 0 radical (unpaired) electrons. The van der Waals surface area contributed by atoms with Crippen LogP contribution in [0.15, 0.2) is 24.3 Å². The third-order valence-electron chi connectivity index (χ3n) is 9.66. The zero-order valence-corrected chi connectivity index (χ0v) is 33.1. The lowest BCUT2D eigenvalue weighted by atomic mass is 10.0. The largest absolute Gasteiger partial charge is 0.391 e. The molecule has 0 heterocycles. The molecular formula is C42H81NO5S. The fraction of sp³-hybridized carbons (Fsp3) is 0.881. The lowest BCUT2D eigenvalue weighted by Crippen LogP contribution is -2.47. The molecule has 0 spiro atoms. The summed E-state index contributed by atoms with van der Waals surface area (Å²) in [5.41, 5.74) is 0. The highest BCUT2D eigenvalue weighted by Gasteiger charge is 2.26. The van der Waals surface area contributed by atoms with E-state index in [4.69, 9.17) is 0 Å². The van der Waals surface area contributed by atoms with Gasteiger partial charge in [-0.15, -0.1) is 0 Å². The second-order valence-corrected chi connectivity index (χ2v) is 16.1. The van der Waals surface area contributed by atoms with Crippen LogP contribution in [0.4, 0.5) is 0 Å². The fourth-order valence-electron chi connectivity index (χ4n) is 6.48. The molecule has 0 fully saturated rings. The maximum absolute atomic E-state index is 12.5. The molecule has 0 aromatic rings. The number of carbonyl (C=O) groups excluding carboxylic acids is 1. The van der Waals surface area contributed by atoms with Gasteiger partial charge in [-0.2, -0.15) is 8.42 Å². The molecule has 7 heteroatoms. The number of hydrogen-bond donors (Lipinski definition) is 3. The number of nitrogens with one attached hydrogen (secondary N) is 1. The number of aliphatic hydroxyl groups is 1. The van der Waals surface area contributed by atoms with E-state index in [1.165, 1.54) is 148 Å². The van der Waals surface area contributed by atoms with Crippen LogP contribution < -0.4 is 5.32 Å². The Morgan fingerprint density at radius 1 is 0.551 bits per heavy atom. The van der Waals surface area contributed by atoms with E-state index in [2.05, 4.69) is 43.5 Å². The van der Waals surface area contributed by atoms with E-state index in [9.17, 15) is 22.9 Å². The standard InChI is InChI=1S/C42H81NO5S/c1-3-5-7-9-11-13-15-16-17-18-19-20-21-22-23-24-25-26-28-30-32-34-36-38-42(45)43-40(39-49(46,47)48)41(44)37-35-33-31-29-27-14-12-10-8-6-4-2/h15-16,18-19,40-41,44H,3-14,17,20-39H2,1-2H3,(H,43,45)(H,46,47,48)/b16-15-,19-18-. The van der Waals surface area contributed by atoms with Crippen molar-refractivity contribution < 1.29 is 22.9 Å². The Bertz CT molecular complexity index is 872. The highest BCUT2D eigenvalue weighted by atomic mass is 32.2. The molecule has 2 unspecified atom stereocenters. The van der Waals surface area contributed by atoms with E-state index < -0.39 is 28.0 Å². The van der Waals surface area contributed by atoms with Crippen LogP contribution in [-0.2, 0) is 14.9 Å². The Balaban J connectivity index is 3.78. The molecule has 2 atom stereocenters. The first-order valence-corrected chi connectivity index (χ1v) is 22.6. The number of rotatable bonds is 38. The summed E-state index contributed by atoms with van der Waals surface area (Å²) in [6.45, 7) is 4.50. The number of carbonyl (C=O) groups is 1. The highest BCUT2D eigenvalue weighted by molar-refractivity contribution is 7.85. The molecule has 0 aromatic heterocycles. The first kappa shape index (κ1) is 47.8. The molecule has 6 nitrogen and oxygen atoms in total. The van der Waals surface area contributed by atoms with Gasteiger partial charge < -0.3 is 10.4 Å². The van der Waals surface area contributed by atoms with E-state index in [1.54, 1.807) is 0 Å². The summed E-state index contributed by atoms with van der Waals surface area (Å²) in [6.07, 6.45) is 45.6. The second-order valence-electron chi connectivity index (χ2n) is 14.6. The van der Waals surface area contributed by atoms with Crippen molar-refractivity contribution in [2.45, 2.75) is 231 Å². The summed E-state index contributed by atoms with van der Waals surface area (Å²) in [7, 11) is -4.30. The van der Waals surface area contributed by atoms with Gasteiger partial charge >= 0.3 is 0 Å². The Morgan fingerprint density at radius 3 is 1.33 bits per heavy atom. The monoisotopic (exact) mass is 712 g/mol. The summed E-state index contributed by atoms with van der Waals surface area (Å²) in [5.74, 6) is -0.894. The molecule has 49 heavy (non-hydrogen) atoms. The van der Waals surface area contributed by atoms with Crippen molar-refractivity contribution >= 4 is 16.0 Å². The molecule has 0 rings (SSSR count). The smallest absolute Gasteiger partial charge is 0.266 e. The van der Waals surface area contributed by atoms with Crippen LogP contribution in [0.25, 0.3) is 0 Å². The van der Waals surface area contributed by atoms with Crippen molar-refractivity contribution in [2.24, 2.45) is 0 Å². The Hall–Kier alpha value is -1.18. The SMILES string of the molecule is CCCCCCC/C=C\C/C=C\CCCCCCCCCCCCCC(=O)NC(CS(=O)(=O)O)C(O)CCCCCCCCCCCCC. The maximum atomic E-state index is 12.5. The van der Waals surface area contributed by atoms with Crippen LogP contribution in [-0.4, -0.2) is 41.9 Å². The number of allylic oxidation sites excluding steroid dienone is 4. The van der Waals surface area contributed by atoms with E-state index >= 15 is 0 Å². The van der Waals surface area contributed by atoms with E-state index in [0.717, 1.165) is 44.9 Å². The van der Waals surface area contributed by atoms with E-state index in [0.29, 0.717) is 12.8 Å². The zero-order valence-electron chi connectivity index (χ0n) is 32.3. The van der Waals surface area contributed by atoms with Gasteiger partial charge in [0.15, 0.2) is 0 Å². The lowest BCUT2D eigenvalue weighted by molar-refractivity contribution is -0.122. The van der Waals surface area contributed by atoms with Crippen LogP contribution in [0, 0.1) is 0 Å². The summed E-state index contributed by atoms with van der Waals surface area (Å²) >= 11 is 0. The minimum absolute atomic E-state index is 0.248. The van der Waals surface area contributed by atoms with Crippen LogP contribution in [0.1, 0.15) is 219 Å². The van der Waals surface area contributed by atoms with Crippen LogP contribution in [0.2, 0.25) is 0 Å². The molecule has 0 saturated carbocycles. The molecule has 0 bridgehead atoms. The maximum Gasteiger partial charge on any atom is 0.266 e. The van der Waals surface area contributed by atoms with Crippen molar-refractivity contribution in [3.8, 4) is 0 Å². The fourth-order valence-corrected chi connectivity index (χ4v) is 7.24. The van der Waals surface area contributed by atoms with Gasteiger partial charge in [-0.1, -0.05) is 192 Å². The molecular weight excluding hydrogens is 631 g/mol. The van der Waals surface area contributed by atoms with Crippen molar-refractivity contribution in [3.63, 3.8) is 0 Å². The quantitative estimate of drug-likeness (QED) is 0.0336. The minimum atomic E-state index is -4.30.